The molecule has 2 fully saturated rings. The second kappa shape index (κ2) is 6.70. The number of rotatable bonds is 3. The third kappa shape index (κ3) is 3.48. The van der Waals surface area contributed by atoms with Gasteiger partial charge in [0.05, 0.1) is 50.9 Å². The lowest BCUT2D eigenvalue weighted by Gasteiger charge is -2.34. The highest BCUT2D eigenvalue weighted by Crippen LogP contribution is 2.35. The van der Waals surface area contributed by atoms with Crippen LogP contribution in [0.25, 0.3) is 0 Å². The Hall–Kier alpha value is -1.26. The van der Waals surface area contributed by atoms with E-state index in [4.69, 9.17) is 14.2 Å². The van der Waals surface area contributed by atoms with Gasteiger partial charge in [-0.25, -0.2) is 9.78 Å². The molecule has 3 aliphatic rings. The number of aromatic nitrogens is 1. The Balaban J connectivity index is 1.33. The lowest BCUT2D eigenvalue weighted by atomic mass is 10.0. The van der Waals surface area contributed by atoms with Gasteiger partial charge in [-0.05, 0) is 0 Å². The number of hydrogen-bond donors (Lipinski definition) is 3. The average Bonchev–Trinajstić information content (AvgIpc) is 2.97. The number of anilines is 1. The highest BCUT2D eigenvalue weighted by atomic mass is 32.1. The summed E-state index contributed by atoms with van der Waals surface area (Å²) in [6, 6.07) is 0.257. The Bertz CT molecular complexity index is 575. The van der Waals surface area contributed by atoms with Crippen LogP contribution in [0.5, 0.6) is 0 Å². The Morgan fingerprint density at radius 1 is 1.30 bits per heavy atom. The van der Waals surface area contributed by atoms with Gasteiger partial charge in [-0.3, -0.25) is 5.32 Å². The molecule has 0 saturated carbocycles. The lowest BCUT2D eigenvalue weighted by Crippen LogP contribution is -2.48. The molecule has 0 radical (unpaired) electrons. The highest BCUT2D eigenvalue weighted by Gasteiger charge is 2.33. The van der Waals surface area contributed by atoms with Crippen LogP contribution in [-0.2, 0) is 20.6 Å². The number of nitrogens with one attached hydrogen (secondary N) is 3. The standard InChI is InChI=1S/C14H20N4O4S/c19-13(15-4-9-6-20-1-2-22-9)18-14-17-10-3-8-5-21-7-11(16-8)12(10)23-14/h8-9,11,16H,1-7H2,(H2,15,17,18,19)/t8-,9-,11-/m0/s1. The lowest BCUT2D eigenvalue weighted by molar-refractivity contribution is -0.0852. The first kappa shape index (κ1) is 15.3. The van der Waals surface area contributed by atoms with Crippen molar-refractivity contribution in [1.29, 1.82) is 0 Å². The number of amides is 2. The first-order valence-corrected chi connectivity index (χ1v) is 8.67. The van der Waals surface area contributed by atoms with E-state index in [1.54, 1.807) is 0 Å². The van der Waals surface area contributed by atoms with Gasteiger partial charge in [0.2, 0.25) is 0 Å². The van der Waals surface area contributed by atoms with Crippen LogP contribution in [0.1, 0.15) is 16.6 Å². The molecule has 0 spiro atoms. The number of ether oxygens (including phenoxy) is 3. The summed E-state index contributed by atoms with van der Waals surface area (Å²) in [5.74, 6) is 0. The normalized spacial score (nSPS) is 29.7. The smallest absolute Gasteiger partial charge is 0.321 e. The predicted molar refractivity (Wildman–Crippen MR) is 83.9 cm³/mol. The Labute approximate surface area is 137 Å². The van der Waals surface area contributed by atoms with E-state index in [0.29, 0.717) is 44.1 Å². The van der Waals surface area contributed by atoms with E-state index < -0.39 is 0 Å². The molecular weight excluding hydrogens is 320 g/mol. The largest absolute Gasteiger partial charge is 0.378 e. The summed E-state index contributed by atoms with van der Waals surface area (Å²) in [7, 11) is 0. The first-order valence-electron chi connectivity index (χ1n) is 7.85. The van der Waals surface area contributed by atoms with E-state index >= 15 is 0 Å². The molecular formula is C14H20N4O4S. The van der Waals surface area contributed by atoms with Crippen molar-refractivity contribution < 1.29 is 19.0 Å². The summed E-state index contributed by atoms with van der Waals surface area (Å²) in [6.45, 7) is 3.52. The molecule has 4 rings (SSSR count). The second-order valence-corrected chi connectivity index (χ2v) is 6.92. The maximum atomic E-state index is 12.0. The highest BCUT2D eigenvalue weighted by molar-refractivity contribution is 7.16. The van der Waals surface area contributed by atoms with E-state index in [9.17, 15) is 4.79 Å². The van der Waals surface area contributed by atoms with Gasteiger partial charge in [-0.1, -0.05) is 11.3 Å². The van der Waals surface area contributed by atoms with Crippen molar-refractivity contribution in [3.05, 3.63) is 10.6 Å². The van der Waals surface area contributed by atoms with Crippen LogP contribution in [0.4, 0.5) is 9.93 Å². The summed E-state index contributed by atoms with van der Waals surface area (Å²) in [5, 5.41) is 9.77. The van der Waals surface area contributed by atoms with Crippen molar-refractivity contribution in [3.63, 3.8) is 0 Å². The Morgan fingerprint density at radius 2 is 2.26 bits per heavy atom. The summed E-state index contributed by atoms with van der Waals surface area (Å²) in [5.41, 5.74) is 1.08. The molecule has 8 nitrogen and oxygen atoms in total. The second-order valence-electron chi connectivity index (χ2n) is 5.89. The van der Waals surface area contributed by atoms with Gasteiger partial charge in [0.15, 0.2) is 5.13 Å². The van der Waals surface area contributed by atoms with Crippen molar-refractivity contribution in [2.75, 3.05) is 44.9 Å². The van der Waals surface area contributed by atoms with Crippen LogP contribution < -0.4 is 16.0 Å². The molecule has 0 unspecified atom stereocenters. The fourth-order valence-electron chi connectivity index (χ4n) is 3.05. The zero-order valence-corrected chi connectivity index (χ0v) is 13.5. The molecule has 126 valence electrons. The molecule has 2 bridgehead atoms. The van der Waals surface area contributed by atoms with Crippen LogP contribution in [0, 0.1) is 0 Å². The quantitative estimate of drug-likeness (QED) is 0.731. The van der Waals surface area contributed by atoms with Crippen molar-refractivity contribution in [2.45, 2.75) is 24.6 Å². The van der Waals surface area contributed by atoms with Gasteiger partial charge in [-0.2, -0.15) is 0 Å². The number of carbonyl (C=O) groups excluding carboxylic acids is 1. The molecule has 3 aliphatic heterocycles. The van der Waals surface area contributed by atoms with Crippen LogP contribution in [-0.4, -0.2) is 62.7 Å². The minimum Gasteiger partial charge on any atom is -0.378 e. The third-order valence-corrected chi connectivity index (χ3v) is 5.25. The van der Waals surface area contributed by atoms with Crippen molar-refractivity contribution in [3.8, 4) is 0 Å². The number of nitrogens with zero attached hydrogens (tertiary/aromatic N) is 1. The van der Waals surface area contributed by atoms with Crippen LogP contribution in [0.3, 0.4) is 0 Å². The number of fused-ring (bicyclic) bond motifs is 4. The molecule has 4 heterocycles. The van der Waals surface area contributed by atoms with Crippen molar-refractivity contribution >= 4 is 22.5 Å². The minimum atomic E-state index is -0.266. The fraction of sp³-hybridized carbons (Fsp3) is 0.714. The number of morpholine rings is 1. The molecule has 1 aromatic rings. The molecule has 0 aliphatic carbocycles. The molecule has 2 saturated heterocycles. The van der Waals surface area contributed by atoms with Gasteiger partial charge in [0, 0.05) is 23.9 Å². The van der Waals surface area contributed by atoms with Gasteiger partial charge >= 0.3 is 6.03 Å². The summed E-state index contributed by atoms with van der Waals surface area (Å²) in [4.78, 5) is 17.7. The molecule has 0 aromatic carbocycles. The molecule has 23 heavy (non-hydrogen) atoms. The van der Waals surface area contributed by atoms with E-state index in [0.717, 1.165) is 18.7 Å². The predicted octanol–water partition coefficient (Wildman–Crippen LogP) is 0.266. The first-order chi connectivity index (χ1) is 11.3. The van der Waals surface area contributed by atoms with Crippen molar-refractivity contribution in [1.82, 2.24) is 15.6 Å². The van der Waals surface area contributed by atoms with E-state index in [2.05, 4.69) is 20.9 Å². The number of urea groups is 1. The fourth-order valence-corrected chi connectivity index (χ4v) is 4.08. The number of carbonyl (C=O) groups is 1. The SMILES string of the molecule is O=C(NC[C@H]1COCCO1)Nc1nc2c(s1)[C@@H]1COC[C@H](C2)N1. The molecule has 3 atom stereocenters. The zero-order valence-electron chi connectivity index (χ0n) is 12.7. The Kier molecular flexibility index (Phi) is 4.45. The van der Waals surface area contributed by atoms with Crippen LogP contribution in [0.15, 0.2) is 0 Å². The molecule has 1 aromatic heterocycles. The summed E-state index contributed by atoms with van der Waals surface area (Å²) < 4.78 is 16.4. The van der Waals surface area contributed by atoms with Crippen LogP contribution in [0.2, 0.25) is 0 Å². The molecule has 3 N–H and O–H groups in total. The number of thiazole rings is 1. The van der Waals surface area contributed by atoms with Crippen LogP contribution >= 0.6 is 11.3 Å². The summed E-state index contributed by atoms with van der Waals surface area (Å²) in [6.07, 6.45) is 0.762. The van der Waals surface area contributed by atoms with Gasteiger partial charge in [0.1, 0.15) is 0 Å². The monoisotopic (exact) mass is 340 g/mol. The van der Waals surface area contributed by atoms with E-state index in [1.165, 1.54) is 16.2 Å². The number of hydrogen-bond acceptors (Lipinski definition) is 7. The van der Waals surface area contributed by atoms with Gasteiger partial charge in [0.25, 0.3) is 0 Å². The summed E-state index contributed by atoms with van der Waals surface area (Å²) >= 11 is 1.51. The van der Waals surface area contributed by atoms with Gasteiger partial charge in [-0.15, -0.1) is 0 Å². The van der Waals surface area contributed by atoms with E-state index in [1.807, 2.05) is 0 Å². The molecule has 9 heteroatoms. The molecule has 2 amide bonds. The zero-order chi connectivity index (χ0) is 15.6. The van der Waals surface area contributed by atoms with Crippen molar-refractivity contribution in [2.24, 2.45) is 0 Å². The van der Waals surface area contributed by atoms with Gasteiger partial charge < -0.3 is 24.8 Å². The maximum absolute atomic E-state index is 12.0. The minimum absolute atomic E-state index is 0.0837. The average molecular weight is 340 g/mol. The van der Waals surface area contributed by atoms with E-state index in [-0.39, 0.29) is 18.2 Å². The maximum Gasteiger partial charge on any atom is 0.321 e. The third-order valence-electron chi connectivity index (χ3n) is 4.12. The Morgan fingerprint density at radius 3 is 3.13 bits per heavy atom. The topological polar surface area (TPSA) is 93.7 Å².